The minimum absolute atomic E-state index is 0. The van der Waals surface area contributed by atoms with Gasteiger partial charge in [0.2, 0.25) is 0 Å². The molecule has 0 bridgehead atoms. The van der Waals surface area contributed by atoms with Crippen molar-refractivity contribution in [2.75, 3.05) is 6.61 Å². The van der Waals surface area contributed by atoms with Crippen LogP contribution >= 0.6 is 12.4 Å². The first-order valence-corrected chi connectivity index (χ1v) is 7.81. The monoisotopic (exact) mass is 341 g/mol. The second-order valence-electron chi connectivity index (χ2n) is 8.09. The minimum Gasteiger partial charge on any atom is -0.507 e. The number of amides is 1. The van der Waals surface area contributed by atoms with Gasteiger partial charge in [-0.1, -0.05) is 41.5 Å². The Morgan fingerprint density at radius 2 is 1.57 bits per heavy atom. The molecule has 1 amide bonds. The maximum Gasteiger partial charge on any atom is 0.407 e. The van der Waals surface area contributed by atoms with E-state index in [1.807, 2.05) is 12.1 Å². The quantitative estimate of drug-likeness (QED) is 0.786. The Morgan fingerprint density at radius 3 is 1.96 bits per heavy atom. The van der Waals surface area contributed by atoms with Crippen molar-refractivity contribution in [3.05, 3.63) is 28.8 Å². The smallest absolute Gasteiger partial charge is 0.407 e. The predicted octanol–water partition coefficient (Wildman–Crippen LogP) is 4.58. The van der Waals surface area contributed by atoms with E-state index in [2.05, 4.69) is 46.9 Å². The van der Waals surface area contributed by atoms with Crippen LogP contribution in [0.25, 0.3) is 0 Å². The molecule has 2 rings (SSSR count). The Hall–Kier alpha value is -1.42. The van der Waals surface area contributed by atoms with Crippen molar-refractivity contribution in [2.24, 2.45) is 0 Å². The molecule has 2 N–H and O–H groups in total. The highest BCUT2D eigenvalue weighted by Crippen LogP contribution is 2.41. The molecule has 5 heteroatoms. The first-order chi connectivity index (χ1) is 10.00. The van der Waals surface area contributed by atoms with Gasteiger partial charge in [0.25, 0.3) is 0 Å². The van der Waals surface area contributed by atoms with Crippen LogP contribution in [0.3, 0.4) is 0 Å². The van der Waals surface area contributed by atoms with Crippen LogP contribution in [0.4, 0.5) is 4.79 Å². The molecule has 4 nitrogen and oxygen atoms in total. The van der Waals surface area contributed by atoms with E-state index in [-0.39, 0.29) is 35.4 Å². The normalized spacial score (nSPS) is 18.7. The molecule has 0 unspecified atom stereocenters. The van der Waals surface area contributed by atoms with Crippen molar-refractivity contribution >= 4 is 18.5 Å². The van der Waals surface area contributed by atoms with Gasteiger partial charge in [-0.15, -0.1) is 12.4 Å². The van der Waals surface area contributed by atoms with Crippen LogP contribution in [-0.4, -0.2) is 17.8 Å². The van der Waals surface area contributed by atoms with Gasteiger partial charge in [-0.2, -0.15) is 0 Å². The van der Waals surface area contributed by atoms with E-state index in [0.717, 1.165) is 23.1 Å². The number of cyclic esters (lactones) is 1. The highest BCUT2D eigenvalue weighted by Gasteiger charge is 2.29. The summed E-state index contributed by atoms with van der Waals surface area (Å²) in [5.74, 6) is 0.363. The van der Waals surface area contributed by atoms with Crippen molar-refractivity contribution in [1.29, 1.82) is 0 Å². The van der Waals surface area contributed by atoms with Gasteiger partial charge in [0.15, 0.2) is 0 Å². The van der Waals surface area contributed by atoms with Gasteiger partial charge in [0, 0.05) is 6.42 Å². The molecule has 23 heavy (non-hydrogen) atoms. The molecule has 1 aliphatic rings. The fourth-order valence-electron chi connectivity index (χ4n) is 2.78. The Bertz CT molecular complexity index is 550. The lowest BCUT2D eigenvalue weighted by Gasteiger charge is -2.31. The average Bonchev–Trinajstić information content (AvgIpc) is 2.36. The molecule has 1 heterocycles. The number of phenolic OH excluding ortho intramolecular Hbond substituents is 1. The number of aromatic hydroxyl groups is 1. The summed E-state index contributed by atoms with van der Waals surface area (Å²) in [6.07, 6.45) is 0.364. The zero-order chi connectivity index (χ0) is 16.7. The third kappa shape index (κ3) is 4.31. The molecular weight excluding hydrogens is 314 g/mol. The standard InChI is InChI=1S/C18H27NO3.ClH/c1-17(2,3)12-9-11(14-7-8-22-16(21)19-14)10-13(15(12)20)18(4,5)6;/h9-10,14,20H,7-8H2,1-6H3,(H,19,21);1H/t14-;/m1./s1. The lowest BCUT2D eigenvalue weighted by molar-refractivity contribution is 0.115. The van der Waals surface area contributed by atoms with Gasteiger partial charge in [0.1, 0.15) is 5.75 Å². The summed E-state index contributed by atoms with van der Waals surface area (Å²) in [7, 11) is 0. The molecule has 0 spiro atoms. The molecular formula is C18H28ClNO3. The summed E-state index contributed by atoms with van der Waals surface area (Å²) in [5.41, 5.74) is 2.51. The summed E-state index contributed by atoms with van der Waals surface area (Å²) in [6.45, 7) is 12.9. The first-order valence-electron chi connectivity index (χ1n) is 7.81. The van der Waals surface area contributed by atoms with Gasteiger partial charge < -0.3 is 15.2 Å². The van der Waals surface area contributed by atoms with E-state index in [0.29, 0.717) is 12.4 Å². The third-order valence-corrected chi connectivity index (χ3v) is 4.08. The van der Waals surface area contributed by atoms with Gasteiger partial charge in [-0.3, -0.25) is 0 Å². The van der Waals surface area contributed by atoms with Crippen molar-refractivity contribution < 1.29 is 14.6 Å². The van der Waals surface area contributed by atoms with Crippen molar-refractivity contribution in [1.82, 2.24) is 5.32 Å². The van der Waals surface area contributed by atoms with Crippen LogP contribution in [0.1, 0.15) is 70.7 Å². The number of ether oxygens (including phenoxy) is 1. The second kappa shape index (κ2) is 6.60. The molecule has 0 aliphatic carbocycles. The lowest BCUT2D eigenvalue weighted by Crippen LogP contribution is -2.35. The van der Waals surface area contributed by atoms with Crippen molar-refractivity contribution in [3.63, 3.8) is 0 Å². The highest BCUT2D eigenvalue weighted by molar-refractivity contribution is 5.85. The van der Waals surface area contributed by atoms with Crippen LogP contribution in [-0.2, 0) is 15.6 Å². The molecule has 0 saturated carbocycles. The SMILES string of the molecule is CC(C)(C)c1cc([C@H]2CCOC(=O)N2)cc(C(C)(C)C)c1O.Cl. The molecule has 1 aromatic rings. The molecule has 1 aliphatic heterocycles. The van der Waals surface area contributed by atoms with E-state index < -0.39 is 0 Å². The fourth-order valence-corrected chi connectivity index (χ4v) is 2.78. The van der Waals surface area contributed by atoms with Crippen LogP contribution in [0.15, 0.2) is 12.1 Å². The third-order valence-electron chi connectivity index (χ3n) is 4.08. The van der Waals surface area contributed by atoms with E-state index in [4.69, 9.17) is 4.74 Å². The van der Waals surface area contributed by atoms with Crippen LogP contribution in [0, 0.1) is 0 Å². The summed E-state index contributed by atoms with van der Waals surface area (Å²) >= 11 is 0. The molecule has 0 aromatic heterocycles. The highest BCUT2D eigenvalue weighted by atomic mass is 35.5. The molecule has 1 aromatic carbocycles. The van der Waals surface area contributed by atoms with Crippen molar-refractivity contribution in [2.45, 2.75) is 64.8 Å². The second-order valence-corrected chi connectivity index (χ2v) is 8.09. The summed E-state index contributed by atoms with van der Waals surface area (Å²) in [5, 5.41) is 13.6. The zero-order valence-electron chi connectivity index (χ0n) is 14.8. The lowest BCUT2D eigenvalue weighted by atomic mass is 9.77. The summed E-state index contributed by atoms with van der Waals surface area (Å²) in [6, 6.07) is 3.96. The molecule has 0 radical (unpaired) electrons. The molecule has 130 valence electrons. The van der Waals surface area contributed by atoms with E-state index >= 15 is 0 Å². The van der Waals surface area contributed by atoms with Gasteiger partial charge >= 0.3 is 6.09 Å². The van der Waals surface area contributed by atoms with Crippen LogP contribution in [0.5, 0.6) is 5.75 Å². The number of hydrogen-bond donors (Lipinski definition) is 2. The topological polar surface area (TPSA) is 58.6 Å². The van der Waals surface area contributed by atoms with E-state index in [9.17, 15) is 9.90 Å². The number of alkyl carbamates (subject to hydrolysis) is 1. The largest absolute Gasteiger partial charge is 0.507 e. The van der Waals surface area contributed by atoms with E-state index in [1.165, 1.54) is 0 Å². The number of carbonyl (C=O) groups is 1. The minimum atomic E-state index is -0.376. The number of rotatable bonds is 1. The van der Waals surface area contributed by atoms with Gasteiger partial charge in [0.05, 0.1) is 12.6 Å². The maximum absolute atomic E-state index is 11.5. The van der Waals surface area contributed by atoms with Crippen LogP contribution in [0.2, 0.25) is 0 Å². The maximum atomic E-state index is 11.5. The molecule has 1 saturated heterocycles. The van der Waals surface area contributed by atoms with Gasteiger partial charge in [-0.25, -0.2) is 4.79 Å². The molecule has 1 fully saturated rings. The number of benzene rings is 1. The zero-order valence-corrected chi connectivity index (χ0v) is 15.6. The van der Waals surface area contributed by atoms with Gasteiger partial charge in [-0.05, 0) is 39.7 Å². The first kappa shape index (κ1) is 19.6. The Kier molecular flexibility index (Phi) is 5.63. The number of hydrogen-bond acceptors (Lipinski definition) is 3. The number of nitrogens with one attached hydrogen (secondary N) is 1. The summed E-state index contributed by atoms with van der Waals surface area (Å²) < 4.78 is 4.95. The number of halogens is 1. The average molecular weight is 342 g/mol. The number of phenols is 1. The Labute approximate surface area is 145 Å². The van der Waals surface area contributed by atoms with Crippen LogP contribution < -0.4 is 5.32 Å². The number of carbonyl (C=O) groups excluding carboxylic acids is 1. The molecule has 1 atom stereocenters. The van der Waals surface area contributed by atoms with E-state index in [1.54, 1.807) is 0 Å². The predicted molar refractivity (Wildman–Crippen MR) is 94.6 cm³/mol. The van der Waals surface area contributed by atoms with Crippen molar-refractivity contribution in [3.8, 4) is 5.75 Å². The Balaban J connectivity index is 0.00000264. The fraction of sp³-hybridized carbons (Fsp3) is 0.611. The summed E-state index contributed by atoms with van der Waals surface area (Å²) in [4.78, 5) is 11.5. The Morgan fingerprint density at radius 1 is 1.09 bits per heavy atom.